The molecular weight excluding hydrogens is 437 g/mol. The Labute approximate surface area is 205 Å². The topological polar surface area (TPSA) is 65.0 Å². The molecular formula is C26H57NO5P+. The molecule has 0 heterocycles. The molecule has 0 amide bonds. The summed E-state index contributed by atoms with van der Waals surface area (Å²) in [6.07, 6.45) is 19.3. The van der Waals surface area contributed by atoms with E-state index in [2.05, 4.69) is 6.92 Å². The molecule has 6 nitrogen and oxygen atoms in total. The van der Waals surface area contributed by atoms with Crippen LogP contribution in [0.1, 0.15) is 103 Å². The maximum absolute atomic E-state index is 12.2. The van der Waals surface area contributed by atoms with Crippen molar-refractivity contribution in [2.24, 2.45) is 0 Å². The number of quaternary nitrogens is 1. The number of hydrogen-bond donors (Lipinski definition) is 1. The third-order valence-electron chi connectivity index (χ3n) is 6.07. The Bertz CT molecular complexity index is 470. The SMILES string of the molecule is CCCCCCCCCCCCCCCCOCC(CCP(=O)(O)OCC[N+](C)(C)C)OC. The second-order valence-corrected chi connectivity index (χ2v) is 12.5. The summed E-state index contributed by atoms with van der Waals surface area (Å²) in [6.45, 7) is 4.45. The zero-order valence-corrected chi connectivity index (χ0v) is 23.6. The number of likely N-dealkylation sites (N-methyl/N-ethyl adjacent to an activating group) is 1. The van der Waals surface area contributed by atoms with Gasteiger partial charge in [-0.05, 0) is 12.8 Å². The van der Waals surface area contributed by atoms with Gasteiger partial charge in [-0.3, -0.25) is 4.57 Å². The van der Waals surface area contributed by atoms with E-state index < -0.39 is 7.60 Å². The van der Waals surface area contributed by atoms with Gasteiger partial charge in [0, 0.05) is 13.7 Å². The summed E-state index contributed by atoms with van der Waals surface area (Å²) in [5, 5.41) is 0. The van der Waals surface area contributed by atoms with E-state index in [1.54, 1.807) is 7.11 Å². The Morgan fingerprint density at radius 1 is 0.788 bits per heavy atom. The minimum Gasteiger partial charge on any atom is -0.379 e. The molecule has 0 aliphatic carbocycles. The number of ether oxygens (including phenoxy) is 2. The molecule has 7 heteroatoms. The van der Waals surface area contributed by atoms with Crippen molar-refractivity contribution in [2.45, 2.75) is 109 Å². The lowest BCUT2D eigenvalue weighted by Gasteiger charge is -2.24. The van der Waals surface area contributed by atoms with Gasteiger partial charge in [-0.15, -0.1) is 0 Å². The van der Waals surface area contributed by atoms with Crippen LogP contribution >= 0.6 is 7.60 Å². The molecule has 2 atom stereocenters. The molecule has 0 rings (SSSR count). The Morgan fingerprint density at radius 3 is 1.73 bits per heavy atom. The summed E-state index contributed by atoms with van der Waals surface area (Å²) in [4.78, 5) is 10.00. The Hall–Kier alpha value is 0.0300. The fourth-order valence-corrected chi connectivity index (χ4v) is 4.82. The van der Waals surface area contributed by atoms with E-state index >= 15 is 0 Å². The van der Waals surface area contributed by atoms with Crippen LogP contribution in [0.15, 0.2) is 0 Å². The Balaban J connectivity index is 3.53. The van der Waals surface area contributed by atoms with Gasteiger partial charge in [0.15, 0.2) is 0 Å². The molecule has 0 aromatic heterocycles. The van der Waals surface area contributed by atoms with Gasteiger partial charge in [0.25, 0.3) is 0 Å². The highest BCUT2D eigenvalue weighted by molar-refractivity contribution is 7.52. The summed E-state index contributed by atoms with van der Waals surface area (Å²) in [5.41, 5.74) is 0. The average molecular weight is 495 g/mol. The minimum absolute atomic E-state index is 0.102. The van der Waals surface area contributed by atoms with Crippen molar-refractivity contribution in [3.63, 3.8) is 0 Å². The second-order valence-electron chi connectivity index (χ2n) is 10.5. The van der Waals surface area contributed by atoms with Gasteiger partial charge >= 0.3 is 7.60 Å². The van der Waals surface area contributed by atoms with E-state index in [9.17, 15) is 9.46 Å². The van der Waals surface area contributed by atoms with Crippen LogP contribution < -0.4 is 0 Å². The van der Waals surface area contributed by atoms with Gasteiger partial charge in [-0.2, -0.15) is 0 Å². The van der Waals surface area contributed by atoms with Crippen LogP contribution in [-0.2, 0) is 18.6 Å². The molecule has 1 N–H and O–H groups in total. The molecule has 0 aromatic rings. The largest absolute Gasteiger partial charge is 0.379 e. The van der Waals surface area contributed by atoms with E-state index in [0.29, 0.717) is 24.1 Å². The summed E-state index contributed by atoms with van der Waals surface area (Å²) < 4.78 is 29.3. The van der Waals surface area contributed by atoms with Crippen molar-refractivity contribution in [3.05, 3.63) is 0 Å². The van der Waals surface area contributed by atoms with Crippen LogP contribution in [0.25, 0.3) is 0 Å². The third kappa shape index (κ3) is 24.9. The highest BCUT2D eigenvalue weighted by atomic mass is 31.2. The normalized spacial score (nSPS) is 15.0. The van der Waals surface area contributed by atoms with Crippen LogP contribution in [0.4, 0.5) is 0 Å². The molecule has 0 saturated carbocycles. The van der Waals surface area contributed by atoms with Gasteiger partial charge in [-0.25, -0.2) is 0 Å². The molecule has 200 valence electrons. The number of methoxy groups -OCH3 is 1. The Kier molecular flexibility index (Phi) is 21.3. The monoisotopic (exact) mass is 494 g/mol. The zero-order chi connectivity index (χ0) is 24.8. The lowest BCUT2D eigenvalue weighted by molar-refractivity contribution is -0.870. The molecule has 0 radical (unpaired) electrons. The molecule has 0 aliphatic rings. The number of rotatable bonds is 25. The summed E-state index contributed by atoms with van der Waals surface area (Å²) in [6, 6.07) is 0. The fourth-order valence-electron chi connectivity index (χ4n) is 3.71. The summed E-state index contributed by atoms with van der Waals surface area (Å²) in [5.74, 6) is 0. The number of nitrogens with zero attached hydrogens (tertiary/aromatic N) is 1. The third-order valence-corrected chi connectivity index (χ3v) is 7.48. The highest BCUT2D eigenvalue weighted by Crippen LogP contribution is 2.42. The first-order valence-electron chi connectivity index (χ1n) is 13.6. The summed E-state index contributed by atoms with van der Waals surface area (Å²) in [7, 11) is 4.15. The summed E-state index contributed by atoms with van der Waals surface area (Å²) >= 11 is 0. The van der Waals surface area contributed by atoms with Gasteiger partial charge in [0.05, 0.1) is 40.0 Å². The Morgan fingerprint density at radius 2 is 1.27 bits per heavy atom. The maximum Gasteiger partial charge on any atom is 0.328 e. The van der Waals surface area contributed by atoms with Crippen molar-refractivity contribution >= 4 is 7.60 Å². The molecule has 0 spiro atoms. The van der Waals surface area contributed by atoms with E-state index in [4.69, 9.17) is 14.0 Å². The highest BCUT2D eigenvalue weighted by Gasteiger charge is 2.23. The first kappa shape index (κ1) is 33.0. The average Bonchev–Trinajstić information content (AvgIpc) is 2.74. The van der Waals surface area contributed by atoms with Crippen molar-refractivity contribution < 1.29 is 27.9 Å². The molecule has 0 saturated heterocycles. The van der Waals surface area contributed by atoms with Crippen LogP contribution in [0.2, 0.25) is 0 Å². The zero-order valence-electron chi connectivity index (χ0n) is 22.7. The standard InChI is InChI=1S/C26H56NO5P/c1-6-7-8-9-10-11-12-13-14-15-16-17-18-19-22-31-25-26(30-5)20-24-33(28,29)32-23-21-27(2,3)4/h26H,6-25H2,1-5H3/p+1. The van der Waals surface area contributed by atoms with Crippen LogP contribution in [0, 0.1) is 0 Å². The van der Waals surface area contributed by atoms with Gasteiger partial charge in [0.2, 0.25) is 0 Å². The van der Waals surface area contributed by atoms with Crippen LogP contribution in [0.5, 0.6) is 0 Å². The number of unbranched alkanes of at least 4 members (excludes halogenated alkanes) is 13. The molecule has 0 bridgehead atoms. The van der Waals surface area contributed by atoms with E-state index in [-0.39, 0.29) is 18.9 Å². The first-order chi connectivity index (χ1) is 15.7. The van der Waals surface area contributed by atoms with Gasteiger partial charge in [-0.1, -0.05) is 90.4 Å². The second kappa shape index (κ2) is 21.3. The van der Waals surface area contributed by atoms with E-state index in [0.717, 1.165) is 13.0 Å². The lowest BCUT2D eigenvalue weighted by Crippen LogP contribution is -2.37. The smallest absolute Gasteiger partial charge is 0.328 e. The first-order valence-corrected chi connectivity index (χ1v) is 15.3. The van der Waals surface area contributed by atoms with Crippen LogP contribution in [0.3, 0.4) is 0 Å². The van der Waals surface area contributed by atoms with Gasteiger partial charge < -0.3 is 23.4 Å². The lowest BCUT2D eigenvalue weighted by atomic mass is 10.0. The molecule has 2 unspecified atom stereocenters. The fraction of sp³-hybridized carbons (Fsp3) is 1.00. The van der Waals surface area contributed by atoms with E-state index in [1.165, 1.54) is 83.5 Å². The van der Waals surface area contributed by atoms with E-state index in [1.807, 2.05) is 21.1 Å². The van der Waals surface area contributed by atoms with Crippen molar-refractivity contribution in [1.29, 1.82) is 0 Å². The van der Waals surface area contributed by atoms with Crippen molar-refractivity contribution in [2.75, 3.05) is 60.8 Å². The van der Waals surface area contributed by atoms with Crippen molar-refractivity contribution in [3.8, 4) is 0 Å². The quantitative estimate of drug-likeness (QED) is 0.0859. The predicted molar refractivity (Wildman–Crippen MR) is 140 cm³/mol. The maximum atomic E-state index is 12.2. The molecule has 33 heavy (non-hydrogen) atoms. The molecule has 0 fully saturated rings. The molecule has 0 aromatic carbocycles. The van der Waals surface area contributed by atoms with Crippen LogP contribution in [-0.4, -0.2) is 76.3 Å². The predicted octanol–water partition coefficient (Wildman–Crippen LogP) is 6.80. The van der Waals surface area contributed by atoms with Gasteiger partial charge in [0.1, 0.15) is 13.2 Å². The van der Waals surface area contributed by atoms with Crippen molar-refractivity contribution in [1.82, 2.24) is 0 Å². The minimum atomic E-state index is -3.57. The molecule has 0 aliphatic heterocycles. The number of hydrogen-bond acceptors (Lipinski definition) is 4.